The first kappa shape index (κ1) is 13.8. The summed E-state index contributed by atoms with van der Waals surface area (Å²) in [6.07, 6.45) is 3.43. The van der Waals surface area contributed by atoms with Crippen molar-refractivity contribution >= 4 is 5.91 Å². The molecule has 0 saturated carbocycles. The van der Waals surface area contributed by atoms with Crippen LogP contribution in [-0.4, -0.2) is 63.4 Å². The van der Waals surface area contributed by atoms with Crippen molar-refractivity contribution in [3.8, 4) is 0 Å². The molecule has 1 N–H and O–H groups in total. The third kappa shape index (κ3) is 4.92. The second-order valence-corrected chi connectivity index (χ2v) is 5.11. The summed E-state index contributed by atoms with van der Waals surface area (Å²) in [6, 6.07) is 0. The van der Waals surface area contributed by atoms with E-state index in [1.165, 1.54) is 6.42 Å². The molecule has 2 aliphatic heterocycles. The summed E-state index contributed by atoms with van der Waals surface area (Å²) in [4.78, 5) is 13.9. The number of amides is 1. The van der Waals surface area contributed by atoms with Crippen LogP contribution in [0.5, 0.6) is 0 Å². The second kappa shape index (κ2) is 7.71. The summed E-state index contributed by atoms with van der Waals surface area (Å²) in [7, 11) is 0. The zero-order valence-corrected chi connectivity index (χ0v) is 11.0. The topological polar surface area (TPSA) is 50.8 Å². The number of nitrogens with one attached hydrogen (secondary N) is 1. The highest BCUT2D eigenvalue weighted by atomic mass is 16.5. The van der Waals surface area contributed by atoms with Crippen LogP contribution in [0.25, 0.3) is 0 Å². The van der Waals surface area contributed by atoms with Crippen molar-refractivity contribution in [3.63, 3.8) is 0 Å². The fraction of sp³-hybridized carbons (Fsp3) is 0.923. The number of hydrogen-bond acceptors (Lipinski definition) is 4. The fourth-order valence-corrected chi connectivity index (χ4v) is 2.47. The number of carbonyl (C=O) groups is 1. The van der Waals surface area contributed by atoms with E-state index >= 15 is 0 Å². The Bertz CT molecular complexity index is 249. The molecule has 0 radical (unpaired) electrons. The van der Waals surface area contributed by atoms with E-state index in [-0.39, 0.29) is 5.91 Å². The maximum atomic E-state index is 11.7. The molecule has 2 aliphatic rings. The first-order valence-electron chi connectivity index (χ1n) is 6.99. The van der Waals surface area contributed by atoms with Crippen LogP contribution in [0.3, 0.4) is 0 Å². The zero-order chi connectivity index (χ0) is 12.6. The molecule has 2 fully saturated rings. The SMILES string of the molecule is O=C(CN1CCOCC1)NCC[C@H]1CCCOC1. The van der Waals surface area contributed by atoms with Gasteiger partial charge in [0.1, 0.15) is 0 Å². The lowest BCUT2D eigenvalue weighted by molar-refractivity contribution is -0.123. The summed E-state index contributed by atoms with van der Waals surface area (Å²) < 4.78 is 10.7. The minimum absolute atomic E-state index is 0.133. The molecular formula is C13H24N2O3. The van der Waals surface area contributed by atoms with Crippen LogP contribution in [0.4, 0.5) is 0 Å². The Labute approximate surface area is 109 Å². The molecular weight excluding hydrogens is 232 g/mol. The third-order valence-electron chi connectivity index (χ3n) is 3.60. The summed E-state index contributed by atoms with van der Waals surface area (Å²) >= 11 is 0. The van der Waals surface area contributed by atoms with Crippen molar-refractivity contribution in [1.29, 1.82) is 0 Å². The van der Waals surface area contributed by atoms with Crippen LogP contribution >= 0.6 is 0 Å². The van der Waals surface area contributed by atoms with Crippen LogP contribution in [0.1, 0.15) is 19.3 Å². The van der Waals surface area contributed by atoms with E-state index in [2.05, 4.69) is 10.2 Å². The number of nitrogens with zero attached hydrogens (tertiary/aromatic N) is 1. The Balaban J connectivity index is 1.53. The molecule has 2 heterocycles. The van der Waals surface area contributed by atoms with Gasteiger partial charge in [-0.2, -0.15) is 0 Å². The van der Waals surface area contributed by atoms with Crippen LogP contribution in [0.2, 0.25) is 0 Å². The standard InChI is InChI=1S/C13H24N2O3/c16-13(10-15-5-8-17-9-6-15)14-4-3-12-2-1-7-18-11-12/h12H,1-11H2,(H,14,16)/t12-/m1/s1. The van der Waals surface area contributed by atoms with Gasteiger partial charge in [0.05, 0.1) is 19.8 Å². The van der Waals surface area contributed by atoms with Gasteiger partial charge in [-0.3, -0.25) is 9.69 Å². The van der Waals surface area contributed by atoms with Crippen LogP contribution in [0.15, 0.2) is 0 Å². The van der Waals surface area contributed by atoms with Crippen LogP contribution in [-0.2, 0) is 14.3 Å². The van der Waals surface area contributed by atoms with Gasteiger partial charge in [0.25, 0.3) is 0 Å². The van der Waals surface area contributed by atoms with E-state index < -0.39 is 0 Å². The number of rotatable bonds is 5. The largest absolute Gasteiger partial charge is 0.381 e. The molecule has 5 heteroatoms. The molecule has 2 saturated heterocycles. The lowest BCUT2D eigenvalue weighted by atomic mass is 9.99. The average molecular weight is 256 g/mol. The van der Waals surface area contributed by atoms with Crippen molar-refractivity contribution in [3.05, 3.63) is 0 Å². The number of morpholine rings is 1. The zero-order valence-electron chi connectivity index (χ0n) is 11.0. The summed E-state index contributed by atoms with van der Waals surface area (Å²) in [5.74, 6) is 0.760. The average Bonchev–Trinajstić information content (AvgIpc) is 2.41. The van der Waals surface area contributed by atoms with Gasteiger partial charge in [0.2, 0.25) is 5.91 Å². The van der Waals surface area contributed by atoms with Gasteiger partial charge in [-0.15, -0.1) is 0 Å². The van der Waals surface area contributed by atoms with E-state index in [1.807, 2.05) is 0 Å². The van der Waals surface area contributed by atoms with E-state index in [0.717, 1.165) is 58.9 Å². The summed E-state index contributed by atoms with van der Waals surface area (Å²) in [6.45, 7) is 6.26. The summed E-state index contributed by atoms with van der Waals surface area (Å²) in [5, 5.41) is 3.00. The van der Waals surface area contributed by atoms with Crippen molar-refractivity contribution < 1.29 is 14.3 Å². The normalized spacial score (nSPS) is 25.9. The molecule has 1 atom stereocenters. The van der Waals surface area contributed by atoms with Gasteiger partial charge in [-0.1, -0.05) is 0 Å². The minimum atomic E-state index is 0.133. The number of ether oxygens (including phenoxy) is 2. The van der Waals surface area contributed by atoms with Crippen molar-refractivity contribution in [2.24, 2.45) is 5.92 Å². The Morgan fingerprint density at radius 3 is 2.78 bits per heavy atom. The van der Waals surface area contributed by atoms with E-state index in [1.54, 1.807) is 0 Å². The molecule has 104 valence electrons. The molecule has 0 bridgehead atoms. The highest BCUT2D eigenvalue weighted by Crippen LogP contribution is 2.16. The second-order valence-electron chi connectivity index (χ2n) is 5.11. The Morgan fingerprint density at radius 2 is 2.06 bits per heavy atom. The molecule has 5 nitrogen and oxygen atoms in total. The first-order chi connectivity index (χ1) is 8.84. The molecule has 0 aromatic heterocycles. The predicted molar refractivity (Wildman–Crippen MR) is 68.4 cm³/mol. The number of hydrogen-bond donors (Lipinski definition) is 1. The molecule has 18 heavy (non-hydrogen) atoms. The molecule has 2 rings (SSSR count). The van der Waals surface area contributed by atoms with Crippen molar-refractivity contribution in [2.75, 3.05) is 52.6 Å². The predicted octanol–water partition coefficient (Wildman–Crippen LogP) is 0.252. The maximum absolute atomic E-state index is 11.7. The molecule has 0 spiro atoms. The quantitative estimate of drug-likeness (QED) is 0.766. The van der Waals surface area contributed by atoms with Crippen molar-refractivity contribution in [1.82, 2.24) is 10.2 Å². The van der Waals surface area contributed by atoms with Crippen molar-refractivity contribution in [2.45, 2.75) is 19.3 Å². The van der Waals surface area contributed by atoms with Gasteiger partial charge in [-0.25, -0.2) is 0 Å². The number of carbonyl (C=O) groups excluding carboxylic acids is 1. The highest BCUT2D eigenvalue weighted by Gasteiger charge is 2.16. The molecule has 1 amide bonds. The smallest absolute Gasteiger partial charge is 0.234 e. The first-order valence-corrected chi connectivity index (χ1v) is 6.99. The third-order valence-corrected chi connectivity index (χ3v) is 3.60. The highest BCUT2D eigenvalue weighted by molar-refractivity contribution is 5.77. The van der Waals surface area contributed by atoms with E-state index in [9.17, 15) is 4.79 Å². The Hall–Kier alpha value is -0.650. The van der Waals surface area contributed by atoms with Gasteiger partial charge >= 0.3 is 0 Å². The monoisotopic (exact) mass is 256 g/mol. The maximum Gasteiger partial charge on any atom is 0.234 e. The van der Waals surface area contributed by atoms with Crippen LogP contribution in [0, 0.1) is 5.92 Å². The fourth-order valence-electron chi connectivity index (χ4n) is 2.47. The van der Waals surface area contributed by atoms with Gasteiger partial charge in [0, 0.05) is 32.8 Å². The van der Waals surface area contributed by atoms with E-state index in [0.29, 0.717) is 12.5 Å². The molecule has 0 aromatic rings. The molecule has 0 unspecified atom stereocenters. The van der Waals surface area contributed by atoms with E-state index in [4.69, 9.17) is 9.47 Å². The van der Waals surface area contributed by atoms with Gasteiger partial charge in [0.15, 0.2) is 0 Å². The van der Waals surface area contributed by atoms with Gasteiger partial charge < -0.3 is 14.8 Å². The summed E-state index contributed by atoms with van der Waals surface area (Å²) in [5.41, 5.74) is 0. The lowest BCUT2D eigenvalue weighted by Crippen LogP contribution is -2.43. The molecule has 0 aromatic carbocycles. The molecule has 0 aliphatic carbocycles. The van der Waals surface area contributed by atoms with Gasteiger partial charge in [-0.05, 0) is 25.2 Å². The Morgan fingerprint density at radius 1 is 1.22 bits per heavy atom. The Kier molecular flexibility index (Phi) is 5.90. The van der Waals surface area contributed by atoms with Crippen LogP contribution < -0.4 is 5.32 Å². The lowest BCUT2D eigenvalue weighted by Gasteiger charge is -2.26. The minimum Gasteiger partial charge on any atom is -0.381 e.